The van der Waals surface area contributed by atoms with Crippen LogP contribution in [0.15, 0.2) is 82.8 Å². The molecule has 0 aliphatic carbocycles. The molecule has 4 N–H and O–H groups in total. The van der Waals surface area contributed by atoms with E-state index >= 15 is 0 Å². The highest BCUT2D eigenvalue weighted by molar-refractivity contribution is 6.07. The standard InChI is InChI=1S/C30H36N6O2.ClH/c1-5-31-27(32-6-2)21-13-17-25(18-14-21)35-29(37)23-9-11-24(12-10-23)30(38)36-26-19-15-22(16-20-26)28(33-7-3)34-8-4;/h9-20H,5-8H2,1-4H3,(H,31,32)(H,33,34)(H,35,37)(H,36,38);1H. The van der Waals surface area contributed by atoms with Crippen LogP contribution in [0.2, 0.25) is 0 Å². The van der Waals surface area contributed by atoms with Gasteiger partial charge in [-0.25, -0.2) is 0 Å². The molecule has 0 atom stereocenters. The SMILES string of the molecule is CCN=C(NCC)c1ccc(NC(=O)c2ccc(C(=O)Nc3ccc(C(=NCC)NCC)cc3)cc2)cc1.Cl. The Balaban J connectivity index is 0.00000533. The van der Waals surface area contributed by atoms with E-state index in [0.29, 0.717) is 35.6 Å². The van der Waals surface area contributed by atoms with Crippen molar-refractivity contribution in [2.24, 2.45) is 9.98 Å². The summed E-state index contributed by atoms with van der Waals surface area (Å²) < 4.78 is 0. The van der Waals surface area contributed by atoms with Gasteiger partial charge in [-0.15, -0.1) is 12.4 Å². The maximum atomic E-state index is 12.7. The quantitative estimate of drug-likeness (QED) is 0.202. The molecule has 0 aliphatic heterocycles. The molecular formula is C30H37ClN6O2. The summed E-state index contributed by atoms with van der Waals surface area (Å²) in [5, 5.41) is 12.3. The molecule has 0 heterocycles. The number of anilines is 2. The Morgan fingerprint density at radius 2 is 0.846 bits per heavy atom. The monoisotopic (exact) mass is 548 g/mol. The molecule has 0 aromatic heterocycles. The minimum absolute atomic E-state index is 0. The minimum Gasteiger partial charge on any atom is -0.370 e. The molecule has 8 nitrogen and oxygen atoms in total. The van der Waals surface area contributed by atoms with E-state index in [2.05, 4.69) is 31.3 Å². The lowest BCUT2D eigenvalue weighted by Crippen LogP contribution is -2.24. The molecule has 206 valence electrons. The zero-order valence-electron chi connectivity index (χ0n) is 22.9. The molecular weight excluding hydrogens is 512 g/mol. The van der Waals surface area contributed by atoms with E-state index in [9.17, 15) is 9.59 Å². The van der Waals surface area contributed by atoms with Gasteiger partial charge in [0.2, 0.25) is 0 Å². The summed E-state index contributed by atoms with van der Waals surface area (Å²) in [4.78, 5) is 34.4. The first kappa shape index (κ1) is 31.1. The molecule has 9 heteroatoms. The van der Waals surface area contributed by atoms with Crippen molar-refractivity contribution in [3.63, 3.8) is 0 Å². The lowest BCUT2D eigenvalue weighted by atomic mass is 10.1. The van der Waals surface area contributed by atoms with Gasteiger partial charge in [0, 0.05) is 59.8 Å². The lowest BCUT2D eigenvalue weighted by molar-refractivity contribution is 0.101. The summed E-state index contributed by atoms with van der Waals surface area (Å²) in [6.07, 6.45) is 0. The predicted molar refractivity (Wildman–Crippen MR) is 164 cm³/mol. The van der Waals surface area contributed by atoms with Crippen LogP contribution in [0.4, 0.5) is 11.4 Å². The fourth-order valence-electron chi connectivity index (χ4n) is 3.75. The normalized spacial score (nSPS) is 11.3. The Bertz CT molecular complexity index is 1170. The van der Waals surface area contributed by atoms with Gasteiger partial charge in [-0.05, 0) is 100 Å². The molecule has 0 radical (unpaired) electrons. The number of hydrogen-bond acceptors (Lipinski definition) is 4. The molecule has 3 aromatic carbocycles. The highest BCUT2D eigenvalue weighted by Gasteiger charge is 2.11. The fourth-order valence-corrected chi connectivity index (χ4v) is 3.75. The number of nitrogens with one attached hydrogen (secondary N) is 4. The summed E-state index contributed by atoms with van der Waals surface area (Å²) in [6, 6.07) is 21.6. The Labute approximate surface area is 236 Å². The summed E-state index contributed by atoms with van der Waals surface area (Å²) in [5.41, 5.74) is 4.20. The lowest BCUT2D eigenvalue weighted by Gasteiger charge is -2.11. The first-order chi connectivity index (χ1) is 18.5. The van der Waals surface area contributed by atoms with Crippen LogP contribution >= 0.6 is 12.4 Å². The first-order valence-electron chi connectivity index (χ1n) is 13.0. The van der Waals surface area contributed by atoms with Gasteiger partial charge in [-0.2, -0.15) is 0 Å². The molecule has 39 heavy (non-hydrogen) atoms. The van der Waals surface area contributed by atoms with Gasteiger partial charge in [-0.1, -0.05) is 0 Å². The van der Waals surface area contributed by atoms with Crippen LogP contribution in [0.3, 0.4) is 0 Å². The Morgan fingerprint density at radius 3 is 1.13 bits per heavy atom. The second-order valence-corrected chi connectivity index (χ2v) is 8.35. The van der Waals surface area contributed by atoms with E-state index in [4.69, 9.17) is 0 Å². The van der Waals surface area contributed by atoms with Crippen molar-refractivity contribution < 1.29 is 9.59 Å². The van der Waals surface area contributed by atoms with Crippen LogP contribution in [0, 0.1) is 0 Å². The van der Waals surface area contributed by atoms with Crippen molar-refractivity contribution in [3.05, 3.63) is 95.1 Å². The van der Waals surface area contributed by atoms with Crippen molar-refractivity contribution in [1.29, 1.82) is 0 Å². The number of halogens is 1. The number of rotatable bonds is 10. The fraction of sp³-hybridized carbons (Fsp3) is 0.267. The average Bonchev–Trinajstić information content (AvgIpc) is 2.94. The minimum atomic E-state index is -0.250. The Kier molecular flexibility index (Phi) is 12.7. The topological polar surface area (TPSA) is 107 Å². The third kappa shape index (κ3) is 8.97. The van der Waals surface area contributed by atoms with Crippen LogP contribution in [-0.2, 0) is 0 Å². The van der Waals surface area contributed by atoms with Crippen molar-refractivity contribution in [2.45, 2.75) is 27.7 Å². The summed E-state index contributed by atoms with van der Waals surface area (Å²) in [7, 11) is 0. The maximum absolute atomic E-state index is 12.7. The van der Waals surface area contributed by atoms with Crippen LogP contribution in [0.1, 0.15) is 59.5 Å². The van der Waals surface area contributed by atoms with Gasteiger partial charge >= 0.3 is 0 Å². The van der Waals surface area contributed by atoms with E-state index < -0.39 is 0 Å². The Morgan fingerprint density at radius 1 is 0.538 bits per heavy atom. The van der Waals surface area contributed by atoms with Crippen LogP contribution in [0.5, 0.6) is 0 Å². The highest BCUT2D eigenvalue weighted by atomic mass is 35.5. The van der Waals surface area contributed by atoms with Gasteiger partial charge < -0.3 is 21.3 Å². The zero-order chi connectivity index (χ0) is 27.3. The van der Waals surface area contributed by atoms with Crippen LogP contribution in [-0.4, -0.2) is 49.7 Å². The number of carbonyl (C=O) groups is 2. The van der Waals surface area contributed by atoms with Gasteiger partial charge in [0.1, 0.15) is 11.7 Å². The number of amidine groups is 2. The van der Waals surface area contributed by atoms with E-state index in [1.165, 1.54) is 0 Å². The van der Waals surface area contributed by atoms with Crippen LogP contribution in [0.25, 0.3) is 0 Å². The molecule has 0 aliphatic rings. The summed E-state index contributed by atoms with van der Waals surface area (Å²) in [5.74, 6) is 1.17. The summed E-state index contributed by atoms with van der Waals surface area (Å²) in [6.45, 7) is 11.0. The maximum Gasteiger partial charge on any atom is 0.255 e. The van der Waals surface area contributed by atoms with E-state index in [1.807, 2.05) is 76.2 Å². The second-order valence-electron chi connectivity index (χ2n) is 8.35. The molecule has 0 saturated heterocycles. The second kappa shape index (κ2) is 15.9. The highest BCUT2D eigenvalue weighted by Crippen LogP contribution is 2.15. The number of carbonyl (C=O) groups excluding carboxylic acids is 2. The van der Waals surface area contributed by atoms with E-state index in [-0.39, 0.29) is 24.2 Å². The molecule has 0 unspecified atom stereocenters. The van der Waals surface area contributed by atoms with Crippen LogP contribution < -0.4 is 21.3 Å². The van der Waals surface area contributed by atoms with Gasteiger partial charge in [0.15, 0.2) is 0 Å². The largest absolute Gasteiger partial charge is 0.370 e. The molecule has 0 spiro atoms. The van der Waals surface area contributed by atoms with Crippen molar-refractivity contribution in [2.75, 3.05) is 36.8 Å². The van der Waals surface area contributed by atoms with Gasteiger partial charge in [0.25, 0.3) is 11.8 Å². The molecule has 0 fully saturated rings. The van der Waals surface area contributed by atoms with Crippen molar-refractivity contribution >= 4 is 47.3 Å². The predicted octanol–water partition coefficient (Wildman–Crippen LogP) is 5.37. The third-order valence-corrected chi connectivity index (χ3v) is 5.56. The van der Waals surface area contributed by atoms with Crippen molar-refractivity contribution in [1.82, 2.24) is 10.6 Å². The third-order valence-electron chi connectivity index (χ3n) is 5.56. The molecule has 3 aromatic rings. The number of aliphatic imine (C=N–C) groups is 2. The molecule has 0 saturated carbocycles. The molecule has 2 amide bonds. The van der Waals surface area contributed by atoms with E-state index in [0.717, 1.165) is 35.9 Å². The van der Waals surface area contributed by atoms with Crippen molar-refractivity contribution in [3.8, 4) is 0 Å². The smallest absolute Gasteiger partial charge is 0.255 e. The zero-order valence-corrected chi connectivity index (χ0v) is 23.7. The summed E-state index contributed by atoms with van der Waals surface area (Å²) >= 11 is 0. The number of amides is 2. The molecule has 0 bridgehead atoms. The van der Waals surface area contributed by atoms with E-state index in [1.54, 1.807) is 24.3 Å². The number of benzene rings is 3. The average molecular weight is 549 g/mol. The van der Waals surface area contributed by atoms with Gasteiger partial charge in [-0.3, -0.25) is 19.6 Å². The first-order valence-corrected chi connectivity index (χ1v) is 13.0. The number of hydrogen-bond donors (Lipinski definition) is 4. The molecule has 3 rings (SSSR count). The Hall–Kier alpha value is -4.17. The van der Waals surface area contributed by atoms with Gasteiger partial charge in [0.05, 0.1) is 0 Å². The number of nitrogens with zero attached hydrogens (tertiary/aromatic N) is 2.